The van der Waals surface area contributed by atoms with E-state index in [9.17, 15) is 14.4 Å². The molecular formula is C10H10N2O4. The highest BCUT2D eigenvalue weighted by molar-refractivity contribution is 6.05. The van der Waals surface area contributed by atoms with E-state index in [1.807, 2.05) is 0 Å². The molecule has 6 heteroatoms. The molecule has 0 radical (unpaired) electrons. The lowest BCUT2D eigenvalue weighted by atomic mass is 10.2. The van der Waals surface area contributed by atoms with Gasteiger partial charge in [-0.25, -0.2) is 9.69 Å². The largest absolute Gasteiger partial charge is 0.480 e. The predicted molar refractivity (Wildman–Crippen MR) is 54.7 cm³/mol. The van der Waals surface area contributed by atoms with Gasteiger partial charge in [0, 0.05) is 5.56 Å². The average molecular weight is 222 g/mol. The number of amides is 3. The van der Waals surface area contributed by atoms with Crippen molar-refractivity contribution in [2.75, 3.05) is 6.54 Å². The number of urea groups is 1. The van der Waals surface area contributed by atoms with Gasteiger partial charge in [0.2, 0.25) is 0 Å². The predicted octanol–water partition coefficient (Wildman–Crippen LogP) is 0.292. The van der Waals surface area contributed by atoms with Crippen LogP contribution in [0.2, 0.25) is 0 Å². The number of nitrogens with two attached hydrogens (primary N) is 1. The van der Waals surface area contributed by atoms with E-state index in [2.05, 4.69) is 0 Å². The van der Waals surface area contributed by atoms with E-state index in [-0.39, 0.29) is 5.56 Å². The third-order valence-electron chi connectivity index (χ3n) is 1.83. The highest BCUT2D eigenvalue weighted by atomic mass is 16.4. The molecular weight excluding hydrogens is 212 g/mol. The number of carbonyl (C=O) groups excluding carboxylic acids is 2. The molecule has 0 aliphatic heterocycles. The molecule has 1 aromatic carbocycles. The first-order valence-electron chi connectivity index (χ1n) is 4.40. The molecule has 1 rings (SSSR count). The summed E-state index contributed by atoms with van der Waals surface area (Å²) in [4.78, 5) is 33.5. The second-order valence-electron chi connectivity index (χ2n) is 2.99. The Kier molecular flexibility index (Phi) is 3.60. The van der Waals surface area contributed by atoms with Crippen molar-refractivity contribution < 1.29 is 19.5 Å². The molecule has 0 aromatic heterocycles. The summed E-state index contributed by atoms with van der Waals surface area (Å²) in [6.45, 7) is -0.747. The number of benzene rings is 1. The Morgan fingerprint density at radius 2 is 1.75 bits per heavy atom. The van der Waals surface area contributed by atoms with Crippen LogP contribution in [-0.2, 0) is 4.79 Å². The number of rotatable bonds is 3. The minimum Gasteiger partial charge on any atom is -0.480 e. The monoisotopic (exact) mass is 222 g/mol. The van der Waals surface area contributed by atoms with Crippen LogP contribution in [0.5, 0.6) is 0 Å². The zero-order valence-electron chi connectivity index (χ0n) is 8.29. The molecule has 0 aliphatic rings. The van der Waals surface area contributed by atoms with Crippen molar-refractivity contribution in [1.29, 1.82) is 0 Å². The fraction of sp³-hybridized carbons (Fsp3) is 0.100. The van der Waals surface area contributed by atoms with Gasteiger partial charge in [0.05, 0.1) is 0 Å². The van der Waals surface area contributed by atoms with Gasteiger partial charge in [-0.2, -0.15) is 0 Å². The van der Waals surface area contributed by atoms with E-state index >= 15 is 0 Å². The Morgan fingerprint density at radius 1 is 1.19 bits per heavy atom. The number of carbonyl (C=O) groups is 3. The lowest BCUT2D eigenvalue weighted by molar-refractivity contribution is -0.137. The van der Waals surface area contributed by atoms with Crippen LogP contribution in [0.3, 0.4) is 0 Å². The Hall–Kier alpha value is -2.37. The van der Waals surface area contributed by atoms with Gasteiger partial charge >= 0.3 is 12.0 Å². The Balaban J connectivity index is 2.92. The quantitative estimate of drug-likeness (QED) is 0.767. The van der Waals surface area contributed by atoms with E-state index in [0.29, 0.717) is 4.90 Å². The van der Waals surface area contributed by atoms with E-state index in [1.54, 1.807) is 18.2 Å². The van der Waals surface area contributed by atoms with Crippen molar-refractivity contribution in [2.45, 2.75) is 0 Å². The average Bonchev–Trinajstić information content (AvgIpc) is 2.25. The summed E-state index contributed by atoms with van der Waals surface area (Å²) in [5, 5.41) is 8.53. The van der Waals surface area contributed by atoms with Crippen LogP contribution >= 0.6 is 0 Å². The third-order valence-corrected chi connectivity index (χ3v) is 1.83. The maximum absolute atomic E-state index is 11.7. The normalized spacial score (nSPS) is 9.50. The summed E-state index contributed by atoms with van der Waals surface area (Å²) >= 11 is 0. The van der Waals surface area contributed by atoms with E-state index < -0.39 is 24.5 Å². The summed E-state index contributed by atoms with van der Waals surface area (Å²) in [6.07, 6.45) is 0. The Bertz CT molecular complexity index is 416. The van der Waals surface area contributed by atoms with Crippen molar-refractivity contribution in [3.05, 3.63) is 35.9 Å². The molecule has 0 saturated heterocycles. The standard InChI is InChI=1S/C10H10N2O4/c11-10(16)12(6-8(13)14)9(15)7-4-2-1-3-5-7/h1-5H,6H2,(H2,11,16)(H,13,14). The molecule has 84 valence electrons. The number of nitrogens with zero attached hydrogens (tertiary/aromatic N) is 1. The van der Waals surface area contributed by atoms with Crippen LogP contribution in [0.15, 0.2) is 30.3 Å². The Morgan fingerprint density at radius 3 is 2.19 bits per heavy atom. The molecule has 0 saturated carbocycles. The highest BCUT2D eigenvalue weighted by Gasteiger charge is 2.22. The first-order chi connectivity index (χ1) is 7.52. The van der Waals surface area contributed by atoms with Crippen LogP contribution < -0.4 is 5.73 Å². The number of hydrogen-bond acceptors (Lipinski definition) is 3. The summed E-state index contributed by atoms with van der Waals surface area (Å²) in [6, 6.07) is 6.76. The molecule has 0 heterocycles. The minimum absolute atomic E-state index is 0.211. The van der Waals surface area contributed by atoms with Crippen molar-refractivity contribution >= 4 is 17.9 Å². The first-order valence-corrected chi connectivity index (χ1v) is 4.40. The zero-order valence-corrected chi connectivity index (χ0v) is 8.29. The maximum atomic E-state index is 11.7. The Labute approximate surface area is 91.3 Å². The lowest BCUT2D eigenvalue weighted by Gasteiger charge is -2.15. The molecule has 1 aromatic rings. The van der Waals surface area contributed by atoms with E-state index in [1.165, 1.54) is 12.1 Å². The van der Waals surface area contributed by atoms with E-state index in [4.69, 9.17) is 10.8 Å². The SMILES string of the molecule is NC(=O)N(CC(=O)O)C(=O)c1ccccc1. The van der Waals surface area contributed by atoms with Crippen molar-refractivity contribution in [3.63, 3.8) is 0 Å². The molecule has 0 atom stereocenters. The van der Waals surface area contributed by atoms with Gasteiger partial charge in [0.15, 0.2) is 0 Å². The molecule has 0 unspecified atom stereocenters. The van der Waals surface area contributed by atoms with Gasteiger partial charge in [-0.05, 0) is 12.1 Å². The van der Waals surface area contributed by atoms with Crippen molar-refractivity contribution in [1.82, 2.24) is 4.90 Å². The smallest absolute Gasteiger partial charge is 0.323 e. The van der Waals surface area contributed by atoms with Crippen LogP contribution in [0.1, 0.15) is 10.4 Å². The van der Waals surface area contributed by atoms with Crippen molar-refractivity contribution in [2.24, 2.45) is 5.73 Å². The van der Waals surface area contributed by atoms with Gasteiger partial charge < -0.3 is 10.8 Å². The number of carboxylic acid groups (broad SMARTS) is 1. The second-order valence-corrected chi connectivity index (χ2v) is 2.99. The molecule has 3 amide bonds. The van der Waals surface area contributed by atoms with Gasteiger partial charge in [-0.1, -0.05) is 18.2 Å². The third kappa shape index (κ3) is 2.81. The lowest BCUT2D eigenvalue weighted by Crippen LogP contribution is -2.43. The van der Waals surface area contributed by atoms with Crippen LogP contribution in [-0.4, -0.2) is 34.5 Å². The molecule has 0 fully saturated rings. The van der Waals surface area contributed by atoms with Crippen LogP contribution in [0.25, 0.3) is 0 Å². The summed E-state index contributed by atoms with van der Waals surface area (Å²) in [5.41, 5.74) is 5.14. The summed E-state index contributed by atoms with van der Waals surface area (Å²) in [5.74, 6) is -2.03. The molecule has 6 nitrogen and oxygen atoms in total. The van der Waals surface area contributed by atoms with Crippen molar-refractivity contribution in [3.8, 4) is 0 Å². The highest BCUT2D eigenvalue weighted by Crippen LogP contribution is 2.04. The topological polar surface area (TPSA) is 101 Å². The molecule has 0 spiro atoms. The summed E-state index contributed by atoms with van der Waals surface area (Å²) < 4.78 is 0. The summed E-state index contributed by atoms with van der Waals surface area (Å²) in [7, 11) is 0. The van der Waals surface area contributed by atoms with Gasteiger partial charge in [-0.15, -0.1) is 0 Å². The number of hydrogen-bond donors (Lipinski definition) is 2. The van der Waals surface area contributed by atoms with E-state index in [0.717, 1.165) is 0 Å². The number of aliphatic carboxylic acids is 1. The first kappa shape index (κ1) is 11.7. The fourth-order valence-electron chi connectivity index (χ4n) is 1.12. The van der Waals surface area contributed by atoms with Crippen LogP contribution in [0.4, 0.5) is 4.79 Å². The maximum Gasteiger partial charge on any atom is 0.323 e. The molecule has 0 aliphatic carbocycles. The number of primary amides is 1. The number of imide groups is 1. The second kappa shape index (κ2) is 4.92. The molecule has 0 bridgehead atoms. The molecule has 16 heavy (non-hydrogen) atoms. The number of carboxylic acids is 1. The zero-order chi connectivity index (χ0) is 12.1. The van der Waals surface area contributed by atoms with Gasteiger partial charge in [-0.3, -0.25) is 9.59 Å². The minimum atomic E-state index is -1.30. The van der Waals surface area contributed by atoms with Gasteiger partial charge in [0.25, 0.3) is 5.91 Å². The molecule has 3 N–H and O–H groups in total. The fourth-order valence-corrected chi connectivity index (χ4v) is 1.12. The van der Waals surface area contributed by atoms with Gasteiger partial charge in [0.1, 0.15) is 6.54 Å². The van der Waals surface area contributed by atoms with Crippen LogP contribution in [0, 0.1) is 0 Å².